The van der Waals surface area contributed by atoms with Crippen LogP contribution in [0.5, 0.6) is 0 Å². The summed E-state index contributed by atoms with van der Waals surface area (Å²) in [7, 11) is 0. The van der Waals surface area contributed by atoms with Crippen LogP contribution in [-0.2, 0) is 0 Å². The summed E-state index contributed by atoms with van der Waals surface area (Å²) < 4.78 is 0. The molecule has 2 aromatic carbocycles. The molecular formula is C18H14ClNO2. The molecule has 0 atom stereocenters. The van der Waals surface area contributed by atoms with Crippen molar-refractivity contribution in [2.24, 2.45) is 0 Å². The Morgan fingerprint density at radius 2 is 1.77 bits per heavy atom. The third kappa shape index (κ3) is 2.44. The van der Waals surface area contributed by atoms with Crippen molar-refractivity contribution in [2.75, 3.05) is 0 Å². The Morgan fingerprint density at radius 1 is 1.09 bits per heavy atom. The Bertz CT molecular complexity index is 886. The first-order valence-corrected chi connectivity index (χ1v) is 7.25. The molecule has 1 aromatic heterocycles. The molecule has 3 rings (SSSR count). The predicted molar refractivity (Wildman–Crippen MR) is 88.6 cm³/mol. The largest absolute Gasteiger partial charge is 0.478 e. The van der Waals surface area contributed by atoms with Crippen LogP contribution in [0.25, 0.3) is 22.2 Å². The lowest BCUT2D eigenvalue weighted by Gasteiger charge is -2.10. The van der Waals surface area contributed by atoms with E-state index in [-0.39, 0.29) is 5.56 Å². The van der Waals surface area contributed by atoms with E-state index in [2.05, 4.69) is 4.98 Å². The zero-order valence-electron chi connectivity index (χ0n) is 12.2. The molecule has 1 N–H and O–H groups in total. The number of nitrogens with zero attached hydrogens (tertiary/aromatic N) is 1. The van der Waals surface area contributed by atoms with Crippen LogP contribution in [0.4, 0.5) is 0 Å². The van der Waals surface area contributed by atoms with E-state index in [1.165, 1.54) is 0 Å². The van der Waals surface area contributed by atoms with E-state index in [0.29, 0.717) is 21.6 Å². The van der Waals surface area contributed by atoms with E-state index in [1.54, 1.807) is 12.1 Å². The molecule has 0 amide bonds. The number of halogens is 1. The van der Waals surface area contributed by atoms with Gasteiger partial charge in [0, 0.05) is 10.9 Å². The molecule has 0 saturated carbocycles. The minimum atomic E-state index is -0.985. The van der Waals surface area contributed by atoms with Gasteiger partial charge in [0.15, 0.2) is 0 Å². The molecule has 0 saturated heterocycles. The Kier molecular flexibility index (Phi) is 3.59. The normalized spacial score (nSPS) is 10.9. The fraction of sp³-hybridized carbons (Fsp3) is 0.111. The molecule has 4 heteroatoms. The third-order valence-electron chi connectivity index (χ3n) is 3.69. The molecule has 0 spiro atoms. The predicted octanol–water partition coefficient (Wildman–Crippen LogP) is 4.87. The summed E-state index contributed by atoms with van der Waals surface area (Å²) in [5.41, 5.74) is 4.22. The maximum Gasteiger partial charge on any atom is 0.336 e. The van der Waals surface area contributed by atoms with Crippen LogP contribution in [0, 0.1) is 13.8 Å². The molecule has 0 radical (unpaired) electrons. The number of carbonyl (C=O) groups is 1. The molecular weight excluding hydrogens is 298 g/mol. The topological polar surface area (TPSA) is 50.2 Å². The van der Waals surface area contributed by atoms with Crippen LogP contribution in [0.15, 0.2) is 42.5 Å². The first kappa shape index (κ1) is 14.5. The monoisotopic (exact) mass is 311 g/mol. The second kappa shape index (κ2) is 5.43. The Morgan fingerprint density at radius 3 is 2.41 bits per heavy atom. The highest BCUT2D eigenvalue weighted by atomic mass is 35.5. The number of pyridine rings is 1. The smallest absolute Gasteiger partial charge is 0.336 e. The van der Waals surface area contributed by atoms with Crippen molar-refractivity contribution in [3.63, 3.8) is 0 Å². The van der Waals surface area contributed by atoms with Gasteiger partial charge in [0.05, 0.1) is 21.8 Å². The van der Waals surface area contributed by atoms with Crippen molar-refractivity contribution < 1.29 is 9.90 Å². The molecule has 3 aromatic rings. The van der Waals surface area contributed by atoms with Crippen LogP contribution >= 0.6 is 11.6 Å². The second-order valence-electron chi connectivity index (χ2n) is 5.32. The van der Waals surface area contributed by atoms with E-state index in [4.69, 9.17) is 11.6 Å². The fourth-order valence-corrected chi connectivity index (χ4v) is 2.62. The highest BCUT2D eigenvalue weighted by Crippen LogP contribution is 2.31. The van der Waals surface area contributed by atoms with Crippen molar-refractivity contribution in [1.82, 2.24) is 4.98 Å². The van der Waals surface area contributed by atoms with Gasteiger partial charge >= 0.3 is 5.97 Å². The number of carboxylic acids is 1. The molecule has 0 aliphatic rings. The van der Waals surface area contributed by atoms with Gasteiger partial charge < -0.3 is 5.11 Å². The SMILES string of the molecule is Cc1ccc(-c2cc(C(=O)O)c3ccc(C)c(Cl)c3n2)cc1. The van der Waals surface area contributed by atoms with E-state index < -0.39 is 5.97 Å². The van der Waals surface area contributed by atoms with Crippen LogP contribution < -0.4 is 0 Å². The number of rotatable bonds is 2. The zero-order chi connectivity index (χ0) is 15.9. The summed E-state index contributed by atoms with van der Waals surface area (Å²) in [6.45, 7) is 3.88. The summed E-state index contributed by atoms with van der Waals surface area (Å²) in [5, 5.41) is 10.5. The molecule has 0 bridgehead atoms. The number of benzene rings is 2. The number of aromatic nitrogens is 1. The van der Waals surface area contributed by atoms with E-state index >= 15 is 0 Å². The molecule has 0 unspecified atom stereocenters. The van der Waals surface area contributed by atoms with Crippen LogP contribution in [-0.4, -0.2) is 16.1 Å². The third-order valence-corrected chi connectivity index (χ3v) is 4.17. The number of hydrogen-bond acceptors (Lipinski definition) is 2. The lowest BCUT2D eigenvalue weighted by atomic mass is 10.0. The lowest BCUT2D eigenvalue weighted by molar-refractivity contribution is 0.0699. The van der Waals surface area contributed by atoms with Gasteiger partial charge in [-0.25, -0.2) is 9.78 Å². The Balaban J connectivity index is 2.35. The van der Waals surface area contributed by atoms with Crippen LogP contribution in [0.1, 0.15) is 21.5 Å². The fourth-order valence-electron chi connectivity index (χ4n) is 2.41. The van der Waals surface area contributed by atoms with Crippen molar-refractivity contribution in [2.45, 2.75) is 13.8 Å². The van der Waals surface area contributed by atoms with Crippen molar-refractivity contribution >= 4 is 28.5 Å². The lowest BCUT2D eigenvalue weighted by Crippen LogP contribution is -2.01. The van der Waals surface area contributed by atoms with Crippen molar-refractivity contribution in [3.05, 3.63) is 64.2 Å². The van der Waals surface area contributed by atoms with Gasteiger partial charge in [-0.05, 0) is 25.5 Å². The molecule has 0 aliphatic carbocycles. The van der Waals surface area contributed by atoms with E-state index in [9.17, 15) is 9.90 Å². The minimum Gasteiger partial charge on any atom is -0.478 e. The number of fused-ring (bicyclic) bond motifs is 1. The Labute approximate surface area is 133 Å². The molecule has 1 heterocycles. The van der Waals surface area contributed by atoms with E-state index in [1.807, 2.05) is 44.2 Å². The second-order valence-corrected chi connectivity index (χ2v) is 5.70. The maximum absolute atomic E-state index is 11.6. The van der Waals surface area contributed by atoms with Crippen LogP contribution in [0.2, 0.25) is 5.02 Å². The first-order valence-electron chi connectivity index (χ1n) is 6.87. The number of hydrogen-bond donors (Lipinski definition) is 1. The zero-order valence-corrected chi connectivity index (χ0v) is 13.0. The maximum atomic E-state index is 11.6. The van der Waals surface area contributed by atoms with Crippen molar-refractivity contribution in [1.29, 1.82) is 0 Å². The molecule has 0 fully saturated rings. The van der Waals surface area contributed by atoms with Crippen molar-refractivity contribution in [3.8, 4) is 11.3 Å². The highest BCUT2D eigenvalue weighted by molar-refractivity contribution is 6.36. The van der Waals surface area contributed by atoms with Crippen LogP contribution in [0.3, 0.4) is 0 Å². The highest BCUT2D eigenvalue weighted by Gasteiger charge is 2.15. The Hall–Kier alpha value is -2.39. The average Bonchev–Trinajstić information content (AvgIpc) is 2.51. The summed E-state index contributed by atoms with van der Waals surface area (Å²) in [5.74, 6) is -0.985. The quantitative estimate of drug-likeness (QED) is 0.734. The summed E-state index contributed by atoms with van der Waals surface area (Å²) in [6.07, 6.45) is 0. The number of aromatic carboxylic acids is 1. The molecule has 22 heavy (non-hydrogen) atoms. The summed E-state index contributed by atoms with van der Waals surface area (Å²) in [6, 6.07) is 13.0. The number of carboxylic acid groups (broad SMARTS) is 1. The molecule has 110 valence electrons. The van der Waals surface area contributed by atoms with Gasteiger partial charge in [-0.3, -0.25) is 0 Å². The van der Waals surface area contributed by atoms with E-state index in [0.717, 1.165) is 16.7 Å². The van der Waals surface area contributed by atoms with Gasteiger partial charge in [0.2, 0.25) is 0 Å². The molecule has 3 nitrogen and oxygen atoms in total. The van der Waals surface area contributed by atoms with Gasteiger partial charge in [-0.2, -0.15) is 0 Å². The average molecular weight is 312 g/mol. The summed E-state index contributed by atoms with van der Waals surface area (Å²) >= 11 is 6.33. The van der Waals surface area contributed by atoms with Gasteiger partial charge in [-0.15, -0.1) is 0 Å². The summed E-state index contributed by atoms with van der Waals surface area (Å²) in [4.78, 5) is 16.2. The van der Waals surface area contributed by atoms with Gasteiger partial charge in [-0.1, -0.05) is 53.6 Å². The van der Waals surface area contributed by atoms with Gasteiger partial charge in [0.1, 0.15) is 0 Å². The van der Waals surface area contributed by atoms with Gasteiger partial charge in [0.25, 0.3) is 0 Å². The number of aryl methyl sites for hydroxylation is 2. The standard InChI is InChI=1S/C18H14ClNO2/c1-10-3-6-12(7-4-10)15-9-14(18(21)22)13-8-5-11(2)16(19)17(13)20-15/h3-9H,1-2H3,(H,21,22). The minimum absolute atomic E-state index is 0.211. The molecule has 0 aliphatic heterocycles. The first-order chi connectivity index (χ1) is 10.5.